The average molecular weight is 227 g/mol. The maximum Gasteiger partial charge on any atom is 0.433 e. The molecule has 2 nitrogen and oxygen atoms in total. The third-order valence-corrected chi connectivity index (χ3v) is 1.54. The van der Waals surface area contributed by atoms with Gasteiger partial charge in [-0.2, -0.15) is 22.0 Å². The Hall–Kier alpha value is -1.40. The maximum absolute atomic E-state index is 12.1. The number of hydrogen-bond acceptors (Lipinski definition) is 2. The number of pyridine rings is 1. The molecule has 0 saturated heterocycles. The molecule has 84 valence electrons. The van der Waals surface area contributed by atoms with Crippen molar-refractivity contribution in [2.75, 3.05) is 0 Å². The van der Waals surface area contributed by atoms with Crippen LogP contribution in [0.2, 0.25) is 0 Å². The molecule has 0 bridgehead atoms. The van der Waals surface area contributed by atoms with E-state index in [9.17, 15) is 22.0 Å². The topological polar surface area (TPSA) is 22.1 Å². The maximum atomic E-state index is 12.1. The zero-order valence-corrected chi connectivity index (χ0v) is 7.48. The number of aromatic nitrogens is 1. The van der Waals surface area contributed by atoms with Crippen molar-refractivity contribution in [1.29, 1.82) is 0 Å². The Labute approximate surface area is 81.7 Å². The first-order chi connectivity index (χ1) is 6.80. The van der Waals surface area contributed by atoms with E-state index in [-0.39, 0.29) is 5.56 Å². The number of hydrogen-bond donors (Lipinski definition) is 0. The van der Waals surface area contributed by atoms with Crippen LogP contribution < -0.4 is 4.74 Å². The molecule has 7 heteroatoms. The van der Waals surface area contributed by atoms with Crippen molar-refractivity contribution >= 4 is 0 Å². The Bertz CT molecular complexity index is 349. The van der Waals surface area contributed by atoms with E-state index in [1.807, 2.05) is 0 Å². The van der Waals surface area contributed by atoms with Crippen molar-refractivity contribution in [2.24, 2.45) is 0 Å². The summed E-state index contributed by atoms with van der Waals surface area (Å²) in [6, 6.07) is 1.72. The molecular weight excluding hydrogens is 221 g/mol. The zero-order chi connectivity index (χ0) is 11.6. The predicted molar refractivity (Wildman–Crippen MR) is 40.6 cm³/mol. The van der Waals surface area contributed by atoms with Gasteiger partial charge in [-0.15, -0.1) is 0 Å². The van der Waals surface area contributed by atoms with Gasteiger partial charge >= 0.3 is 12.8 Å². The number of ether oxygens (including phenoxy) is 1. The molecule has 0 aromatic carbocycles. The minimum atomic E-state index is -4.67. The van der Waals surface area contributed by atoms with Gasteiger partial charge in [0.05, 0.1) is 0 Å². The number of halogens is 5. The Kier molecular flexibility index (Phi) is 3.11. The summed E-state index contributed by atoms with van der Waals surface area (Å²) in [5, 5.41) is 0. The molecule has 0 aliphatic heterocycles. The van der Waals surface area contributed by atoms with E-state index >= 15 is 0 Å². The fraction of sp³-hybridized carbons (Fsp3) is 0.375. The van der Waals surface area contributed by atoms with E-state index in [1.165, 1.54) is 6.92 Å². The lowest BCUT2D eigenvalue weighted by Gasteiger charge is -2.10. The molecule has 0 aliphatic rings. The number of alkyl halides is 5. The molecule has 0 aliphatic carbocycles. The molecule has 1 rings (SSSR count). The monoisotopic (exact) mass is 227 g/mol. The lowest BCUT2D eigenvalue weighted by atomic mass is 10.2. The first kappa shape index (κ1) is 11.7. The second kappa shape index (κ2) is 4.00. The molecule has 15 heavy (non-hydrogen) atoms. The van der Waals surface area contributed by atoms with Crippen molar-refractivity contribution in [3.05, 3.63) is 23.4 Å². The third kappa shape index (κ3) is 3.03. The minimum Gasteiger partial charge on any atom is -0.417 e. The second-order valence-corrected chi connectivity index (χ2v) is 2.69. The SMILES string of the molecule is Cc1ccc(C(F)(F)F)nc1OC(F)F. The van der Waals surface area contributed by atoms with Crippen molar-refractivity contribution < 1.29 is 26.7 Å². The summed E-state index contributed by atoms with van der Waals surface area (Å²) in [5.74, 6) is -0.708. The Morgan fingerprint density at radius 3 is 2.33 bits per heavy atom. The lowest BCUT2D eigenvalue weighted by Crippen LogP contribution is -2.11. The van der Waals surface area contributed by atoms with Crippen LogP contribution in [0.25, 0.3) is 0 Å². The molecule has 0 unspecified atom stereocenters. The van der Waals surface area contributed by atoms with Gasteiger partial charge in [0.25, 0.3) is 0 Å². The zero-order valence-electron chi connectivity index (χ0n) is 7.48. The highest BCUT2D eigenvalue weighted by Gasteiger charge is 2.33. The van der Waals surface area contributed by atoms with Gasteiger partial charge < -0.3 is 4.74 Å². The van der Waals surface area contributed by atoms with Gasteiger partial charge in [-0.25, -0.2) is 4.98 Å². The van der Waals surface area contributed by atoms with Gasteiger partial charge in [-0.05, 0) is 13.0 Å². The van der Waals surface area contributed by atoms with Crippen molar-refractivity contribution in [3.63, 3.8) is 0 Å². The van der Waals surface area contributed by atoms with Gasteiger partial charge in [-0.1, -0.05) is 6.07 Å². The van der Waals surface area contributed by atoms with Crippen molar-refractivity contribution in [2.45, 2.75) is 19.7 Å². The van der Waals surface area contributed by atoms with E-state index in [1.54, 1.807) is 0 Å². The highest BCUT2D eigenvalue weighted by atomic mass is 19.4. The second-order valence-electron chi connectivity index (χ2n) is 2.69. The van der Waals surface area contributed by atoms with Gasteiger partial charge in [0, 0.05) is 5.56 Å². The van der Waals surface area contributed by atoms with Crippen LogP contribution in [0, 0.1) is 6.92 Å². The summed E-state index contributed by atoms with van der Waals surface area (Å²) in [6.45, 7) is -1.87. The molecule has 0 radical (unpaired) electrons. The van der Waals surface area contributed by atoms with Crippen LogP contribution in [0.5, 0.6) is 5.88 Å². The van der Waals surface area contributed by atoms with Crippen molar-refractivity contribution in [3.8, 4) is 5.88 Å². The van der Waals surface area contributed by atoms with Crippen LogP contribution in [-0.4, -0.2) is 11.6 Å². The molecule has 0 N–H and O–H groups in total. The lowest BCUT2D eigenvalue weighted by molar-refractivity contribution is -0.142. The number of rotatable bonds is 2. The molecule has 0 spiro atoms. The van der Waals surface area contributed by atoms with Crippen LogP contribution in [0.3, 0.4) is 0 Å². The summed E-state index contributed by atoms with van der Waals surface area (Å²) in [5.41, 5.74) is -1.15. The molecule has 1 heterocycles. The Morgan fingerprint density at radius 2 is 1.87 bits per heavy atom. The highest BCUT2D eigenvalue weighted by Crippen LogP contribution is 2.30. The highest BCUT2D eigenvalue weighted by molar-refractivity contribution is 5.27. The van der Waals surface area contributed by atoms with E-state index in [4.69, 9.17) is 0 Å². The molecule has 0 saturated carbocycles. The summed E-state index contributed by atoms with van der Waals surface area (Å²) in [4.78, 5) is 2.96. The summed E-state index contributed by atoms with van der Waals surface area (Å²) in [6.07, 6.45) is -4.67. The molecule has 0 amide bonds. The molecular formula is C8H6F5NO. The van der Waals surface area contributed by atoms with Crippen LogP contribution in [-0.2, 0) is 6.18 Å². The van der Waals surface area contributed by atoms with E-state index < -0.39 is 24.4 Å². The number of nitrogens with zero attached hydrogens (tertiary/aromatic N) is 1. The quantitative estimate of drug-likeness (QED) is 0.724. The van der Waals surface area contributed by atoms with E-state index in [0.717, 1.165) is 6.07 Å². The fourth-order valence-corrected chi connectivity index (χ4v) is 0.872. The van der Waals surface area contributed by atoms with Gasteiger partial charge in [-0.3, -0.25) is 0 Å². The van der Waals surface area contributed by atoms with Crippen LogP contribution in [0.15, 0.2) is 12.1 Å². The van der Waals surface area contributed by atoms with Crippen molar-refractivity contribution in [1.82, 2.24) is 4.98 Å². The Balaban J connectivity index is 3.06. The molecule has 0 fully saturated rings. The predicted octanol–water partition coefficient (Wildman–Crippen LogP) is 3.01. The first-order valence-corrected chi connectivity index (χ1v) is 3.80. The number of aryl methyl sites for hydroxylation is 1. The summed E-state index contributed by atoms with van der Waals surface area (Å²) in [7, 11) is 0. The normalized spacial score (nSPS) is 11.9. The van der Waals surface area contributed by atoms with Gasteiger partial charge in [0.2, 0.25) is 5.88 Å². The molecule has 0 atom stereocenters. The molecule has 1 aromatic heterocycles. The smallest absolute Gasteiger partial charge is 0.417 e. The minimum absolute atomic E-state index is 0.114. The Morgan fingerprint density at radius 1 is 1.27 bits per heavy atom. The largest absolute Gasteiger partial charge is 0.433 e. The third-order valence-electron chi connectivity index (χ3n) is 1.54. The van der Waals surface area contributed by atoms with Crippen LogP contribution in [0.4, 0.5) is 22.0 Å². The fourth-order valence-electron chi connectivity index (χ4n) is 0.872. The van der Waals surface area contributed by atoms with Crippen LogP contribution >= 0.6 is 0 Å². The average Bonchev–Trinajstić information content (AvgIpc) is 2.06. The van der Waals surface area contributed by atoms with E-state index in [2.05, 4.69) is 9.72 Å². The summed E-state index contributed by atoms with van der Waals surface area (Å²) >= 11 is 0. The van der Waals surface area contributed by atoms with Crippen LogP contribution in [0.1, 0.15) is 11.3 Å². The van der Waals surface area contributed by atoms with E-state index in [0.29, 0.717) is 6.07 Å². The summed E-state index contributed by atoms with van der Waals surface area (Å²) < 4.78 is 63.8. The van der Waals surface area contributed by atoms with Gasteiger partial charge in [0.1, 0.15) is 5.69 Å². The standard InChI is InChI=1S/C8H6F5NO/c1-4-2-3-5(8(11,12)13)14-6(4)15-7(9)10/h2-3,7H,1H3. The first-order valence-electron chi connectivity index (χ1n) is 3.80. The van der Waals surface area contributed by atoms with Gasteiger partial charge in [0.15, 0.2) is 0 Å². The molecule has 1 aromatic rings.